The third kappa shape index (κ3) is 2.50. The Balaban J connectivity index is 2.34. The van der Waals surface area contributed by atoms with Crippen molar-refractivity contribution in [2.75, 3.05) is 23.8 Å². The van der Waals surface area contributed by atoms with Crippen molar-refractivity contribution in [2.45, 2.75) is 11.3 Å². The van der Waals surface area contributed by atoms with Gasteiger partial charge >= 0.3 is 0 Å². The van der Waals surface area contributed by atoms with Crippen molar-refractivity contribution in [1.82, 2.24) is 0 Å². The van der Waals surface area contributed by atoms with Gasteiger partial charge in [-0.05, 0) is 18.6 Å². The summed E-state index contributed by atoms with van der Waals surface area (Å²) in [4.78, 5) is 25.2. The van der Waals surface area contributed by atoms with Gasteiger partial charge in [-0.2, -0.15) is 0 Å². The van der Waals surface area contributed by atoms with Crippen molar-refractivity contribution in [3.63, 3.8) is 0 Å². The minimum Gasteiger partial charge on any atom is -0.396 e. The first-order valence-corrected chi connectivity index (χ1v) is 6.38. The predicted octanol–water partition coefficient (Wildman–Crippen LogP) is 1.32. The van der Waals surface area contributed by atoms with Gasteiger partial charge in [-0.1, -0.05) is 6.07 Å². The van der Waals surface area contributed by atoms with E-state index in [1.54, 1.807) is 17.0 Å². The molecule has 0 spiro atoms. The average Bonchev–Trinajstić information content (AvgIpc) is 2.37. The quantitative estimate of drug-likeness (QED) is 0.820. The molecule has 1 aliphatic rings. The van der Waals surface area contributed by atoms with Crippen molar-refractivity contribution in [3.8, 4) is 0 Å². The molecule has 0 saturated heterocycles. The van der Waals surface area contributed by atoms with Gasteiger partial charge in [0.05, 0.1) is 11.4 Å². The fraction of sp³-hybridized carbons (Fsp3) is 0.333. The Morgan fingerprint density at radius 3 is 3.00 bits per heavy atom. The third-order valence-electron chi connectivity index (χ3n) is 2.60. The molecule has 0 saturated carbocycles. The van der Waals surface area contributed by atoms with Crippen molar-refractivity contribution in [1.29, 1.82) is 0 Å². The van der Waals surface area contributed by atoms with Crippen LogP contribution in [0.4, 0.5) is 5.69 Å². The summed E-state index contributed by atoms with van der Waals surface area (Å²) in [6, 6.07) is 5.34. The molecule has 4 nitrogen and oxygen atoms in total. The molecule has 1 aliphatic heterocycles. The summed E-state index contributed by atoms with van der Waals surface area (Å²) in [5.74, 6) is 0.442. The summed E-state index contributed by atoms with van der Waals surface area (Å²) < 4.78 is 0. The molecule has 0 aromatic heterocycles. The molecule has 90 valence electrons. The first kappa shape index (κ1) is 12.1. The highest BCUT2D eigenvalue weighted by molar-refractivity contribution is 8.00. The zero-order valence-electron chi connectivity index (χ0n) is 9.26. The first-order chi connectivity index (χ1) is 8.26. The lowest BCUT2D eigenvalue weighted by atomic mass is 10.2. The predicted molar refractivity (Wildman–Crippen MR) is 66.6 cm³/mol. The van der Waals surface area contributed by atoms with Gasteiger partial charge in [-0.3, -0.25) is 9.59 Å². The number of nitrogens with zero attached hydrogens (tertiary/aromatic N) is 1. The average molecular weight is 251 g/mol. The largest absolute Gasteiger partial charge is 0.396 e. The highest BCUT2D eigenvalue weighted by Gasteiger charge is 2.24. The molecule has 5 heteroatoms. The second kappa shape index (κ2) is 5.33. The summed E-state index contributed by atoms with van der Waals surface area (Å²) in [5.41, 5.74) is 1.34. The molecule has 0 fully saturated rings. The van der Waals surface area contributed by atoms with E-state index in [1.807, 2.05) is 6.07 Å². The number of hydrogen-bond donors (Lipinski definition) is 1. The van der Waals surface area contributed by atoms with Crippen LogP contribution in [0, 0.1) is 0 Å². The van der Waals surface area contributed by atoms with Crippen LogP contribution in [0.5, 0.6) is 0 Å². The molecular weight excluding hydrogens is 238 g/mol. The SMILES string of the molecule is O=Cc1ccc2c(c1)N(CCCO)C(=O)CS2. The van der Waals surface area contributed by atoms with Gasteiger partial charge in [0.25, 0.3) is 0 Å². The second-order valence-corrected chi connectivity index (χ2v) is 4.77. The maximum Gasteiger partial charge on any atom is 0.237 e. The van der Waals surface area contributed by atoms with Gasteiger partial charge in [0.2, 0.25) is 5.91 Å². The standard InChI is InChI=1S/C12H13NO3S/c14-5-1-4-13-10-6-9(7-15)2-3-11(10)17-8-12(13)16/h2-3,6-7,14H,1,4-5,8H2. The van der Waals surface area contributed by atoms with E-state index in [-0.39, 0.29) is 12.5 Å². The Morgan fingerprint density at radius 1 is 1.47 bits per heavy atom. The maximum absolute atomic E-state index is 11.8. The minimum absolute atomic E-state index is 0.0269. The van der Waals surface area contributed by atoms with Crippen molar-refractivity contribution in [3.05, 3.63) is 23.8 Å². The van der Waals surface area contributed by atoms with E-state index in [1.165, 1.54) is 11.8 Å². The van der Waals surface area contributed by atoms with Gasteiger partial charge < -0.3 is 10.0 Å². The van der Waals surface area contributed by atoms with Gasteiger partial charge in [-0.25, -0.2) is 0 Å². The maximum atomic E-state index is 11.8. The molecule has 1 aromatic carbocycles. The van der Waals surface area contributed by atoms with Crippen LogP contribution in [0.15, 0.2) is 23.1 Å². The van der Waals surface area contributed by atoms with Gasteiger partial charge in [-0.15, -0.1) is 11.8 Å². The van der Waals surface area contributed by atoms with Crippen LogP contribution in [-0.4, -0.2) is 36.2 Å². The van der Waals surface area contributed by atoms with E-state index in [0.717, 1.165) is 16.9 Å². The van der Waals surface area contributed by atoms with Crippen LogP contribution in [0.25, 0.3) is 0 Å². The fourth-order valence-corrected chi connectivity index (χ4v) is 2.68. The topological polar surface area (TPSA) is 57.6 Å². The summed E-state index contributed by atoms with van der Waals surface area (Å²) in [6.45, 7) is 0.546. The van der Waals surface area contributed by atoms with E-state index in [2.05, 4.69) is 0 Å². The lowest BCUT2D eigenvalue weighted by molar-refractivity contribution is -0.116. The molecule has 2 rings (SSSR count). The third-order valence-corrected chi connectivity index (χ3v) is 3.65. The van der Waals surface area contributed by atoms with Crippen LogP contribution >= 0.6 is 11.8 Å². The number of aliphatic hydroxyl groups excluding tert-OH is 1. The van der Waals surface area contributed by atoms with Gasteiger partial charge in [0, 0.05) is 23.6 Å². The molecule has 1 heterocycles. The number of carbonyl (C=O) groups is 2. The normalized spacial score (nSPS) is 14.6. The highest BCUT2D eigenvalue weighted by Crippen LogP contribution is 2.35. The van der Waals surface area contributed by atoms with Crippen LogP contribution in [-0.2, 0) is 4.79 Å². The molecule has 1 N–H and O–H groups in total. The first-order valence-electron chi connectivity index (χ1n) is 5.39. The lowest BCUT2D eigenvalue weighted by Gasteiger charge is -2.29. The molecule has 17 heavy (non-hydrogen) atoms. The molecule has 1 amide bonds. The van der Waals surface area contributed by atoms with Crippen LogP contribution in [0.2, 0.25) is 0 Å². The van der Waals surface area contributed by atoms with Gasteiger partial charge in [0.15, 0.2) is 0 Å². The van der Waals surface area contributed by atoms with Crippen LogP contribution in [0.1, 0.15) is 16.8 Å². The summed E-state index contributed by atoms with van der Waals surface area (Å²) in [6.07, 6.45) is 1.31. The Labute approximate surface area is 104 Å². The zero-order valence-corrected chi connectivity index (χ0v) is 10.1. The van der Waals surface area contributed by atoms with Crippen molar-refractivity contribution >= 4 is 29.6 Å². The Morgan fingerprint density at radius 2 is 2.29 bits per heavy atom. The zero-order chi connectivity index (χ0) is 12.3. The summed E-state index contributed by atoms with van der Waals surface area (Å²) in [7, 11) is 0. The molecule has 1 aromatic rings. The molecule has 0 unspecified atom stereocenters. The number of anilines is 1. The lowest BCUT2D eigenvalue weighted by Crippen LogP contribution is -2.36. The van der Waals surface area contributed by atoms with E-state index >= 15 is 0 Å². The van der Waals surface area contributed by atoms with Crippen LogP contribution in [0.3, 0.4) is 0 Å². The number of hydrogen-bond acceptors (Lipinski definition) is 4. The summed E-state index contributed by atoms with van der Waals surface area (Å²) >= 11 is 1.48. The number of benzene rings is 1. The Bertz CT molecular complexity index is 447. The Kier molecular flexibility index (Phi) is 3.81. The smallest absolute Gasteiger partial charge is 0.237 e. The number of thioether (sulfide) groups is 1. The highest BCUT2D eigenvalue weighted by atomic mass is 32.2. The minimum atomic E-state index is 0.0269. The Hall–Kier alpha value is -1.33. The molecule has 0 aliphatic carbocycles. The molecular formula is C12H13NO3S. The van der Waals surface area contributed by atoms with Crippen molar-refractivity contribution < 1.29 is 14.7 Å². The van der Waals surface area contributed by atoms with Crippen molar-refractivity contribution in [2.24, 2.45) is 0 Å². The van der Waals surface area contributed by atoms with E-state index in [0.29, 0.717) is 24.3 Å². The number of fused-ring (bicyclic) bond motifs is 1. The number of carbonyl (C=O) groups excluding carboxylic acids is 2. The van der Waals surface area contributed by atoms with E-state index in [4.69, 9.17) is 5.11 Å². The number of rotatable bonds is 4. The van der Waals surface area contributed by atoms with Crippen LogP contribution < -0.4 is 4.90 Å². The molecule has 0 radical (unpaired) electrons. The molecule has 0 bridgehead atoms. The van der Waals surface area contributed by atoms with E-state index < -0.39 is 0 Å². The van der Waals surface area contributed by atoms with Gasteiger partial charge in [0.1, 0.15) is 6.29 Å². The number of aliphatic hydroxyl groups is 1. The summed E-state index contributed by atoms with van der Waals surface area (Å²) in [5, 5.41) is 8.83. The fourth-order valence-electron chi connectivity index (χ4n) is 1.77. The number of amides is 1. The number of aldehydes is 1. The second-order valence-electron chi connectivity index (χ2n) is 3.76. The monoisotopic (exact) mass is 251 g/mol. The molecule has 0 atom stereocenters. The van der Waals surface area contributed by atoms with E-state index in [9.17, 15) is 9.59 Å².